The summed E-state index contributed by atoms with van der Waals surface area (Å²) in [5, 5.41) is 0. The maximum Gasteiger partial charge on any atom is 0.319 e. The van der Waals surface area contributed by atoms with Gasteiger partial charge in [0.05, 0.1) is 11.9 Å². The highest BCUT2D eigenvalue weighted by Gasteiger charge is 2.24. The van der Waals surface area contributed by atoms with Crippen LogP contribution in [0.15, 0.2) is 28.5 Å². The second-order valence-electron chi connectivity index (χ2n) is 2.40. The van der Waals surface area contributed by atoms with Crippen LogP contribution in [0.5, 0.6) is 0 Å². The number of rotatable bonds is 0. The van der Waals surface area contributed by atoms with Crippen molar-refractivity contribution >= 4 is 12.2 Å². The van der Waals surface area contributed by atoms with Crippen LogP contribution in [0.3, 0.4) is 0 Å². The van der Waals surface area contributed by atoms with Crippen molar-refractivity contribution in [1.82, 2.24) is 4.90 Å². The lowest BCUT2D eigenvalue weighted by Crippen LogP contribution is -2.32. The highest BCUT2D eigenvalue weighted by molar-refractivity contribution is 5.92. The summed E-state index contributed by atoms with van der Waals surface area (Å²) in [5.41, 5.74) is 6.92. The minimum atomic E-state index is -0.423. The summed E-state index contributed by atoms with van der Waals surface area (Å²) in [6.07, 6.45) is 5.29. The standard InChI is InChI=1S/C7H7N3O/c8-7(11)10-2-1-5-3-9-4-6(5)10/h1,3-4H,2H2,(H2,8,11). The Hall–Kier alpha value is -1.58. The van der Waals surface area contributed by atoms with Crippen LogP contribution in [-0.2, 0) is 0 Å². The van der Waals surface area contributed by atoms with E-state index in [1.807, 2.05) is 6.08 Å². The van der Waals surface area contributed by atoms with Crippen LogP contribution in [0.2, 0.25) is 0 Å². The summed E-state index contributed by atoms with van der Waals surface area (Å²) >= 11 is 0. The molecule has 0 aromatic heterocycles. The lowest BCUT2D eigenvalue weighted by atomic mass is 10.3. The smallest absolute Gasteiger partial charge is 0.319 e. The minimum Gasteiger partial charge on any atom is -0.351 e. The molecule has 0 aromatic rings. The van der Waals surface area contributed by atoms with Crippen molar-refractivity contribution in [3.8, 4) is 0 Å². The Bertz CT molecular complexity index is 301. The third-order valence-corrected chi connectivity index (χ3v) is 1.76. The fraction of sp³-hybridized carbons (Fsp3) is 0.143. The first-order valence-electron chi connectivity index (χ1n) is 3.30. The molecule has 11 heavy (non-hydrogen) atoms. The minimum absolute atomic E-state index is 0.423. The van der Waals surface area contributed by atoms with Gasteiger partial charge in [-0.25, -0.2) is 4.79 Å². The van der Waals surface area contributed by atoms with Gasteiger partial charge in [-0.15, -0.1) is 0 Å². The molecule has 2 aliphatic heterocycles. The molecule has 2 aliphatic rings. The molecule has 2 amide bonds. The van der Waals surface area contributed by atoms with Gasteiger partial charge >= 0.3 is 6.03 Å². The monoisotopic (exact) mass is 149 g/mol. The Morgan fingerprint density at radius 1 is 1.73 bits per heavy atom. The number of nitrogens with two attached hydrogens (primary N) is 1. The quantitative estimate of drug-likeness (QED) is 0.526. The van der Waals surface area contributed by atoms with Crippen LogP contribution in [0, 0.1) is 0 Å². The van der Waals surface area contributed by atoms with Crippen molar-refractivity contribution in [3.05, 3.63) is 23.5 Å². The Kier molecular flexibility index (Phi) is 1.09. The third-order valence-electron chi connectivity index (χ3n) is 1.76. The van der Waals surface area contributed by atoms with Crippen molar-refractivity contribution in [2.75, 3.05) is 6.54 Å². The molecule has 0 fully saturated rings. The number of fused-ring (bicyclic) bond motifs is 1. The Labute approximate surface area is 63.7 Å². The summed E-state index contributed by atoms with van der Waals surface area (Å²) in [6.45, 7) is 0.572. The van der Waals surface area contributed by atoms with Gasteiger partial charge in [-0.2, -0.15) is 0 Å². The summed E-state index contributed by atoms with van der Waals surface area (Å²) < 4.78 is 0. The number of amides is 2. The maximum absolute atomic E-state index is 10.8. The van der Waals surface area contributed by atoms with E-state index in [2.05, 4.69) is 4.99 Å². The first kappa shape index (κ1) is 6.15. The van der Waals surface area contributed by atoms with E-state index in [-0.39, 0.29) is 0 Å². The van der Waals surface area contributed by atoms with E-state index in [4.69, 9.17) is 5.73 Å². The van der Waals surface area contributed by atoms with Crippen molar-refractivity contribution in [1.29, 1.82) is 0 Å². The Morgan fingerprint density at radius 2 is 2.55 bits per heavy atom. The van der Waals surface area contributed by atoms with E-state index in [1.165, 1.54) is 4.90 Å². The lowest BCUT2D eigenvalue weighted by Gasteiger charge is -2.13. The van der Waals surface area contributed by atoms with E-state index >= 15 is 0 Å². The molecule has 0 bridgehead atoms. The largest absolute Gasteiger partial charge is 0.351 e. The molecule has 0 saturated heterocycles. The zero-order valence-electron chi connectivity index (χ0n) is 5.82. The van der Waals surface area contributed by atoms with Crippen molar-refractivity contribution in [2.45, 2.75) is 0 Å². The number of urea groups is 1. The first-order valence-corrected chi connectivity index (χ1v) is 3.30. The SMILES string of the molecule is NC(=O)N1CC=C2C=NC=C21. The van der Waals surface area contributed by atoms with Crippen molar-refractivity contribution in [3.63, 3.8) is 0 Å². The van der Waals surface area contributed by atoms with Crippen molar-refractivity contribution in [2.24, 2.45) is 10.7 Å². The van der Waals surface area contributed by atoms with Crippen LogP contribution in [0.4, 0.5) is 4.79 Å². The van der Waals surface area contributed by atoms with Crippen LogP contribution in [-0.4, -0.2) is 23.7 Å². The van der Waals surface area contributed by atoms with Gasteiger partial charge in [-0.3, -0.25) is 9.89 Å². The molecular weight excluding hydrogens is 142 g/mol. The van der Waals surface area contributed by atoms with Crippen LogP contribution in [0.25, 0.3) is 0 Å². The summed E-state index contributed by atoms with van der Waals surface area (Å²) in [6, 6.07) is -0.423. The van der Waals surface area contributed by atoms with Crippen LogP contribution < -0.4 is 5.73 Å². The second-order valence-corrected chi connectivity index (χ2v) is 2.40. The molecule has 0 unspecified atom stereocenters. The van der Waals surface area contributed by atoms with E-state index in [0.717, 1.165) is 11.3 Å². The molecule has 0 radical (unpaired) electrons. The van der Waals surface area contributed by atoms with Gasteiger partial charge in [-0.1, -0.05) is 6.08 Å². The highest BCUT2D eigenvalue weighted by Crippen LogP contribution is 2.23. The molecular formula is C7H7N3O. The molecule has 0 spiro atoms. The topological polar surface area (TPSA) is 58.7 Å². The average Bonchev–Trinajstić information content (AvgIpc) is 2.41. The van der Waals surface area contributed by atoms with Gasteiger partial charge in [0.15, 0.2) is 0 Å². The lowest BCUT2D eigenvalue weighted by molar-refractivity contribution is 0.227. The van der Waals surface area contributed by atoms with Gasteiger partial charge in [0.2, 0.25) is 0 Å². The second kappa shape index (κ2) is 1.95. The molecule has 2 rings (SSSR count). The van der Waals surface area contributed by atoms with Crippen LogP contribution >= 0.6 is 0 Å². The summed E-state index contributed by atoms with van der Waals surface area (Å²) in [7, 11) is 0. The fourth-order valence-corrected chi connectivity index (χ4v) is 1.21. The summed E-state index contributed by atoms with van der Waals surface area (Å²) in [4.78, 5) is 16.1. The number of nitrogens with zero attached hydrogens (tertiary/aromatic N) is 2. The number of hydrogen-bond donors (Lipinski definition) is 1. The number of hydrogen-bond acceptors (Lipinski definition) is 2. The zero-order valence-corrected chi connectivity index (χ0v) is 5.82. The molecule has 0 aromatic carbocycles. The third kappa shape index (κ3) is 0.756. The van der Waals surface area contributed by atoms with E-state index in [9.17, 15) is 4.79 Å². The van der Waals surface area contributed by atoms with Gasteiger partial charge in [-0.05, 0) is 0 Å². The Balaban J connectivity index is 2.31. The molecule has 0 saturated carbocycles. The van der Waals surface area contributed by atoms with E-state index in [1.54, 1.807) is 12.4 Å². The van der Waals surface area contributed by atoms with Gasteiger partial charge in [0, 0.05) is 18.3 Å². The van der Waals surface area contributed by atoms with Crippen LogP contribution in [0.1, 0.15) is 0 Å². The number of aliphatic imine (C=N–C) groups is 1. The van der Waals surface area contributed by atoms with Gasteiger partial charge in [0.25, 0.3) is 0 Å². The van der Waals surface area contributed by atoms with E-state index in [0.29, 0.717) is 6.54 Å². The fourth-order valence-electron chi connectivity index (χ4n) is 1.21. The summed E-state index contributed by atoms with van der Waals surface area (Å²) in [5.74, 6) is 0. The van der Waals surface area contributed by atoms with Gasteiger partial charge < -0.3 is 5.73 Å². The number of carbonyl (C=O) groups is 1. The predicted molar refractivity (Wildman–Crippen MR) is 40.9 cm³/mol. The number of allylic oxidation sites excluding steroid dienone is 1. The highest BCUT2D eigenvalue weighted by atomic mass is 16.2. The van der Waals surface area contributed by atoms with Crippen molar-refractivity contribution < 1.29 is 4.79 Å². The average molecular weight is 149 g/mol. The first-order chi connectivity index (χ1) is 5.29. The molecule has 2 heterocycles. The Morgan fingerprint density at radius 3 is 3.27 bits per heavy atom. The maximum atomic E-state index is 10.8. The predicted octanol–water partition coefficient (Wildman–Crippen LogP) is 0.233. The molecule has 0 aliphatic carbocycles. The number of carbonyl (C=O) groups excluding carboxylic acids is 1. The molecule has 0 atom stereocenters. The van der Waals surface area contributed by atoms with E-state index < -0.39 is 6.03 Å². The zero-order chi connectivity index (χ0) is 7.84. The number of primary amides is 1. The molecule has 2 N–H and O–H groups in total. The normalized spacial score (nSPS) is 19.8. The molecule has 4 nitrogen and oxygen atoms in total. The molecule has 4 heteroatoms. The molecule has 56 valence electrons. The van der Waals surface area contributed by atoms with Gasteiger partial charge in [0.1, 0.15) is 0 Å².